The van der Waals surface area contributed by atoms with Crippen LogP contribution in [0, 0.1) is 0 Å². The number of oxazole rings is 1. The summed E-state index contributed by atoms with van der Waals surface area (Å²) in [5.41, 5.74) is 5.64. The van der Waals surface area contributed by atoms with Gasteiger partial charge < -0.3 is 10.2 Å². The average Bonchev–Trinajstić information content (AvgIpc) is 2.69. The molecule has 0 fully saturated rings. The Kier molecular flexibility index (Phi) is 3.12. The second kappa shape index (κ2) is 4.54. The molecular weight excluding hydrogens is 232 g/mol. The normalized spacial score (nSPS) is 10.5. The van der Waals surface area contributed by atoms with Crippen molar-refractivity contribution in [2.24, 2.45) is 0 Å². The van der Waals surface area contributed by atoms with Crippen molar-refractivity contribution in [3.63, 3.8) is 0 Å². The first-order chi connectivity index (χ1) is 7.28. The van der Waals surface area contributed by atoms with Gasteiger partial charge in [-0.05, 0) is 18.0 Å². The van der Waals surface area contributed by atoms with Crippen LogP contribution in [0.25, 0.3) is 0 Å². The number of aromatic nitrogens is 3. The summed E-state index contributed by atoms with van der Waals surface area (Å²) in [6.45, 7) is 0. The molecule has 2 aromatic heterocycles. The van der Waals surface area contributed by atoms with Gasteiger partial charge in [0.1, 0.15) is 17.1 Å². The van der Waals surface area contributed by atoms with Crippen LogP contribution in [0.15, 0.2) is 38.3 Å². The standard InChI is InChI=1S/C8H8N4OS2/c1-14-7-11-5(9)4-6(12-7)15-8-10-2-3-13-8/h2-4H,1H3,(H2,9,11,12). The molecule has 0 amide bonds. The van der Waals surface area contributed by atoms with Gasteiger partial charge in [0.15, 0.2) is 5.16 Å². The maximum atomic E-state index is 5.64. The Labute approximate surface area is 94.9 Å². The van der Waals surface area contributed by atoms with Crippen LogP contribution in [-0.4, -0.2) is 21.2 Å². The molecule has 2 aromatic rings. The molecule has 0 saturated carbocycles. The van der Waals surface area contributed by atoms with E-state index in [1.54, 1.807) is 12.3 Å². The molecule has 0 aromatic carbocycles. The van der Waals surface area contributed by atoms with E-state index in [0.717, 1.165) is 5.03 Å². The lowest BCUT2D eigenvalue weighted by Crippen LogP contribution is -1.95. The number of hydrogen-bond acceptors (Lipinski definition) is 7. The first-order valence-electron chi connectivity index (χ1n) is 4.04. The van der Waals surface area contributed by atoms with Gasteiger partial charge in [0, 0.05) is 6.07 Å². The van der Waals surface area contributed by atoms with Gasteiger partial charge in [-0.2, -0.15) is 0 Å². The smallest absolute Gasteiger partial charge is 0.261 e. The molecule has 15 heavy (non-hydrogen) atoms. The first kappa shape index (κ1) is 10.3. The Morgan fingerprint density at radius 2 is 2.27 bits per heavy atom. The molecule has 78 valence electrons. The number of nitrogens with two attached hydrogens (primary N) is 1. The molecule has 0 unspecified atom stereocenters. The number of rotatable bonds is 3. The Bertz CT molecular complexity index is 446. The Morgan fingerprint density at radius 3 is 2.93 bits per heavy atom. The molecule has 0 bridgehead atoms. The number of hydrogen-bond donors (Lipinski definition) is 1. The molecule has 7 heteroatoms. The predicted molar refractivity (Wildman–Crippen MR) is 58.9 cm³/mol. The number of nitrogen functional groups attached to an aromatic ring is 1. The lowest BCUT2D eigenvalue weighted by Gasteiger charge is -2.00. The molecule has 0 radical (unpaired) electrons. The minimum atomic E-state index is 0.448. The molecule has 0 saturated heterocycles. The van der Waals surface area contributed by atoms with E-state index in [1.165, 1.54) is 29.8 Å². The van der Waals surface area contributed by atoms with E-state index in [2.05, 4.69) is 15.0 Å². The van der Waals surface area contributed by atoms with Crippen LogP contribution in [0.1, 0.15) is 0 Å². The van der Waals surface area contributed by atoms with Crippen molar-refractivity contribution in [1.82, 2.24) is 15.0 Å². The van der Waals surface area contributed by atoms with Crippen LogP contribution in [0.3, 0.4) is 0 Å². The summed E-state index contributed by atoms with van der Waals surface area (Å²) >= 11 is 2.76. The zero-order valence-corrected chi connectivity index (χ0v) is 9.51. The summed E-state index contributed by atoms with van der Waals surface area (Å²) in [7, 11) is 0. The Morgan fingerprint density at radius 1 is 1.40 bits per heavy atom. The third kappa shape index (κ3) is 2.63. The highest BCUT2D eigenvalue weighted by Crippen LogP contribution is 2.26. The first-order valence-corrected chi connectivity index (χ1v) is 6.08. The Balaban J connectivity index is 2.24. The van der Waals surface area contributed by atoms with Crippen LogP contribution in [0.2, 0.25) is 0 Å². The predicted octanol–water partition coefficient (Wildman–Crippen LogP) is 1.92. The summed E-state index contributed by atoms with van der Waals surface area (Å²) in [6.07, 6.45) is 5.00. The van der Waals surface area contributed by atoms with E-state index in [-0.39, 0.29) is 0 Å². The number of anilines is 1. The third-order valence-corrected chi connectivity index (χ3v) is 2.83. The number of nitrogens with zero attached hydrogens (tertiary/aromatic N) is 3. The molecule has 0 aliphatic heterocycles. The van der Waals surface area contributed by atoms with Crippen molar-refractivity contribution in [2.45, 2.75) is 15.4 Å². The van der Waals surface area contributed by atoms with Crippen LogP contribution < -0.4 is 5.73 Å². The molecule has 2 N–H and O–H groups in total. The molecule has 0 aliphatic carbocycles. The minimum Gasteiger partial charge on any atom is -0.440 e. The van der Waals surface area contributed by atoms with Crippen molar-refractivity contribution >= 4 is 29.3 Å². The van der Waals surface area contributed by atoms with Crippen molar-refractivity contribution in [3.8, 4) is 0 Å². The summed E-state index contributed by atoms with van der Waals surface area (Å²) in [5.74, 6) is 0.448. The van der Waals surface area contributed by atoms with E-state index < -0.39 is 0 Å². The molecule has 0 spiro atoms. The summed E-state index contributed by atoms with van der Waals surface area (Å²) in [5, 5.41) is 1.92. The molecule has 5 nitrogen and oxygen atoms in total. The van der Waals surface area contributed by atoms with Gasteiger partial charge in [-0.15, -0.1) is 0 Å². The van der Waals surface area contributed by atoms with Crippen molar-refractivity contribution in [2.75, 3.05) is 12.0 Å². The largest absolute Gasteiger partial charge is 0.440 e. The van der Waals surface area contributed by atoms with Crippen LogP contribution in [0.5, 0.6) is 0 Å². The van der Waals surface area contributed by atoms with Gasteiger partial charge in [0.05, 0.1) is 6.20 Å². The maximum absolute atomic E-state index is 5.64. The van der Waals surface area contributed by atoms with Gasteiger partial charge >= 0.3 is 0 Å². The molecule has 0 aliphatic rings. The highest BCUT2D eigenvalue weighted by Gasteiger charge is 2.06. The van der Waals surface area contributed by atoms with Gasteiger partial charge in [-0.3, -0.25) is 0 Å². The van der Waals surface area contributed by atoms with Gasteiger partial charge in [-0.1, -0.05) is 11.8 Å². The quantitative estimate of drug-likeness (QED) is 0.499. The highest BCUT2D eigenvalue weighted by atomic mass is 32.2. The van der Waals surface area contributed by atoms with Crippen molar-refractivity contribution < 1.29 is 4.42 Å². The minimum absolute atomic E-state index is 0.448. The second-order valence-corrected chi connectivity index (χ2v) is 4.26. The van der Waals surface area contributed by atoms with Crippen LogP contribution in [0.4, 0.5) is 5.82 Å². The number of thioether (sulfide) groups is 1. The van der Waals surface area contributed by atoms with Crippen LogP contribution >= 0.6 is 23.5 Å². The molecular formula is C8H8N4OS2. The Hall–Kier alpha value is -1.21. The zero-order valence-electron chi connectivity index (χ0n) is 7.88. The molecule has 2 heterocycles. The fourth-order valence-electron chi connectivity index (χ4n) is 0.915. The second-order valence-electron chi connectivity index (χ2n) is 2.52. The van der Waals surface area contributed by atoms with E-state index in [0.29, 0.717) is 16.2 Å². The van der Waals surface area contributed by atoms with Gasteiger partial charge in [0.25, 0.3) is 5.22 Å². The van der Waals surface area contributed by atoms with E-state index in [4.69, 9.17) is 10.2 Å². The lowest BCUT2D eigenvalue weighted by molar-refractivity contribution is 0.454. The SMILES string of the molecule is CSc1nc(N)cc(Sc2ncco2)n1. The zero-order chi connectivity index (χ0) is 10.7. The van der Waals surface area contributed by atoms with Crippen LogP contribution in [-0.2, 0) is 0 Å². The molecule has 2 rings (SSSR count). The van der Waals surface area contributed by atoms with Gasteiger partial charge in [-0.25, -0.2) is 15.0 Å². The van der Waals surface area contributed by atoms with Crippen molar-refractivity contribution in [3.05, 3.63) is 18.5 Å². The fourth-order valence-corrected chi connectivity index (χ4v) is 2.07. The summed E-state index contributed by atoms with van der Waals surface area (Å²) in [4.78, 5) is 12.3. The van der Waals surface area contributed by atoms with E-state index in [1.807, 2.05) is 6.26 Å². The summed E-state index contributed by atoms with van der Waals surface area (Å²) in [6, 6.07) is 1.69. The molecule has 0 atom stereocenters. The topological polar surface area (TPSA) is 77.8 Å². The van der Waals surface area contributed by atoms with E-state index >= 15 is 0 Å². The summed E-state index contributed by atoms with van der Waals surface area (Å²) < 4.78 is 5.09. The third-order valence-electron chi connectivity index (χ3n) is 1.49. The fraction of sp³-hybridized carbons (Fsp3) is 0.125. The van der Waals surface area contributed by atoms with Crippen molar-refractivity contribution in [1.29, 1.82) is 0 Å². The lowest BCUT2D eigenvalue weighted by atomic mass is 10.6. The van der Waals surface area contributed by atoms with Gasteiger partial charge in [0.2, 0.25) is 0 Å². The highest BCUT2D eigenvalue weighted by molar-refractivity contribution is 7.99. The average molecular weight is 240 g/mol. The maximum Gasteiger partial charge on any atom is 0.261 e. The monoisotopic (exact) mass is 240 g/mol. The van der Waals surface area contributed by atoms with E-state index in [9.17, 15) is 0 Å².